The van der Waals surface area contributed by atoms with Crippen LogP contribution in [0.15, 0.2) is 66.6 Å². The Hall–Kier alpha value is -3.39. The van der Waals surface area contributed by atoms with Crippen LogP contribution >= 0.6 is 11.3 Å². The van der Waals surface area contributed by atoms with Crippen molar-refractivity contribution in [1.82, 2.24) is 25.2 Å². The Labute approximate surface area is 184 Å². The van der Waals surface area contributed by atoms with Gasteiger partial charge < -0.3 is 20.1 Å². The fourth-order valence-corrected chi connectivity index (χ4v) is 4.98. The number of nitrogens with zero attached hydrogens (tertiary/aromatic N) is 4. The summed E-state index contributed by atoms with van der Waals surface area (Å²) in [6.07, 6.45) is 7.21. The molecule has 0 saturated carbocycles. The van der Waals surface area contributed by atoms with Gasteiger partial charge in [-0.2, -0.15) is 0 Å². The summed E-state index contributed by atoms with van der Waals surface area (Å²) in [5, 5.41) is 6.47. The molecule has 2 amide bonds. The molecule has 1 aliphatic heterocycles. The second kappa shape index (κ2) is 8.77. The number of amides is 2. The highest BCUT2D eigenvalue weighted by Crippen LogP contribution is 2.32. The Morgan fingerprint density at radius 1 is 1.13 bits per heavy atom. The van der Waals surface area contributed by atoms with Gasteiger partial charge in [-0.05, 0) is 23.1 Å². The van der Waals surface area contributed by atoms with E-state index < -0.39 is 0 Å². The van der Waals surface area contributed by atoms with Gasteiger partial charge in [0.05, 0.1) is 6.20 Å². The van der Waals surface area contributed by atoms with E-state index in [9.17, 15) is 4.79 Å². The minimum Gasteiger partial charge on any atom is -0.361 e. The van der Waals surface area contributed by atoms with Crippen LogP contribution in [0.4, 0.5) is 10.6 Å². The van der Waals surface area contributed by atoms with Gasteiger partial charge in [-0.3, -0.25) is 4.98 Å². The Morgan fingerprint density at radius 3 is 2.77 bits per heavy atom. The second-order valence-corrected chi connectivity index (χ2v) is 8.56. The monoisotopic (exact) mass is 432 g/mol. The topological polar surface area (TPSA) is 77.2 Å². The van der Waals surface area contributed by atoms with E-state index in [0.29, 0.717) is 19.6 Å². The molecule has 0 spiro atoms. The summed E-state index contributed by atoms with van der Waals surface area (Å²) in [7, 11) is 0. The number of urea groups is 1. The van der Waals surface area contributed by atoms with Crippen LogP contribution in [0.3, 0.4) is 0 Å². The van der Waals surface area contributed by atoms with E-state index in [0.717, 1.165) is 24.4 Å². The Bertz CT molecular complexity index is 1140. The highest BCUT2D eigenvalue weighted by atomic mass is 32.1. The van der Waals surface area contributed by atoms with Crippen molar-refractivity contribution in [2.45, 2.75) is 5.92 Å². The fraction of sp³-hybridized carbons (Fsp3) is 0.261. The predicted octanol–water partition coefficient (Wildman–Crippen LogP) is 3.68. The molecule has 1 atom stereocenters. The van der Waals surface area contributed by atoms with E-state index in [2.05, 4.69) is 67.1 Å². The number of H-pyrrole nitrogens is 1. The van der Waals surface area contributed by atoms with Gasteiger partial charge in [0.1, 0.15) is 5.82 Å². The number of aromatic nitrogens is 3. The molecule has 4 aromatic rings. The molecule has 2 N–H and O–H groups in total. The Kier molecular flexibility index (Phi) is 5.54. The number of benzene rings is 1. The van der Waals surface area contributed by atoms with Gasteiger partial charge in [-0.25, -0.2) is 9.78 Å². The zero-order valence-corrected chi connectivity index (χ0v) is 17.9. The van der Waals surface area contributed by atoms with Crippen LogP contribution in [0, 0.1) is 0 Å². The van der Waals surface area contributed by atoms with E-state index in [-0.39, 0.29) is 11.9 Å². The number of hydrogen-bond acceptors (Lipinski definition) is 5. The average molecular weight is 433 g/mol. The van der Waals surface area contributed by atoms with Gasteiger partial charge in [0.15, 0.2) is 0 Å². The van der Waals surface area contributed by atoms with Gasteiger partial charge in [0.25, 0.3) is 0 Å². The summed E-state index contributed by atoms with van der Waals surface area (Å²) in [4.78, 5) is 30.1. The number of carbonyl (C=O) groups is 1. The van der Waals surface area contributed by atoms with Gasteiger partial charge in [0.2, 0.25) is 0 Å². The van der Waals surface area contributed by atoms with Gasteiger partial charge in [0, 0.05) is 73.0 Å². The predicted molar refractivity (Wildman–Crippen MR) is 124 cm³/mol. The molecule has 3 aromatic heterocycles. The summed E-state index contributed by atoms with van der Waals surface area (Å²) >= 11 is 1.72. The molecule has 7 nitrogen and oxygen atoms in total. The van der Waals surface area contributed by atoms with Crippen molar-refractivity contribution >= 4 is 34.1 Å². The normalized spacial score (nSPS) is 15.2. The molecule has 1 fully saturated rings. The molecule has 5 rings (SSSR count). The van der Waals surface area contributed by atoms with Crippen molar-refractivity contribution in [1.29, 1.82) is 0 Å². The lowest BCUT2D eigenvalue weighted by atomic mass is 9.97. The van der Waals surface area contributed by atoms with E-state index in [1.165, 1.54) is 15.8 Å². The third kappa shape index (κ3) is 4.11. The van der Waals surface area contributed by atoms with Crippen LogP contribution in [-0.4, -0.2) is 58.6 Å². The first-order chi connectivity index (χ1) is 15.3. The highest BCUT2D eigenvalue weighted by Gasteiger charge is 2.24. The lowest BCUT2D eigenvalue weighted by Gasteiger charge is -2.35. The number of aromatic amines is 1. The standard InChI is InChI=1S/C23H24N6OS/c30-23(29-11-9-28(10-12-29)22-16-24-7-8-25-22)27-15-19(21-6-3-13-31-21)18-14-26-20-5-2-1-4-17(18)20/h1-8,13-14,16,19,26H,9-12,15H2,(H,27,30)/t19-/m1/s1. The molecule has 31 heavy (non-hydrogen) atoms. The van der Waals surface area contributed by atoms with Crippen LogP contribution in [0.5, 0.6) is 0 Å². The number of anilines is 1. The highest BCUT2D eigenvalue weighted by molar-refractivity contribution is 7.10. The summed E-state index contributed by atoms with van der Waals surface area (Å²) in [5.74, 6) is 0.973. The molecule has 1 saturated heterocycles. The molecule has 0 radical (unpaired) electrons. The van der Waals surface area contributed by atoms with Crippen molar-refractivity contribution in [2.24, 2.45) is 0 Å². The number of thiophene rings is 1. The van der Waals surface area contributed by atoms with Crippen LogP contribution in [0.1, 0.15) is 16.4 Å². The summed E-state index contributed by atoms with van der Waals surface area (Å²) in [6.45, 7) is 3.40. The lowest BCUT2D eigenvalue weighted by molar-refractivity contribution is 0.194. The first kappa shape index (κ1) is 19.6. The largest absolute Gasteiger partial charge is 0.361 e. The van der Waals surface area contributed by atoms with Gasteiger partial charge in [-0.15, -0.1) is 11.3 Å². The maximum atomic E-state index is 12.9. The molecular weight excluding hydrogens is 408 g/mol. The Balaban J connectivity index is 1.25. The SMILES string of the molecule is O=C(NC[C@@H](c1cccs1)c1c[nH]c2ccccc12)N1CCN(c2cnccn2)CC1. The molecule has 1 aromatic carbocycles. The van der Waals surface area contributed by atoms with Crippen molar-refractivity contribution in [3.63, 3.8) is 0 Å². The first-order valence-electron chi connectivity index (χ1n) is 10.4. The van der Waals surface area contributed by atoms with Crippen LogP contribution < -0.4 is 10.2 Å². The average Bonchev–Trinajstić information content (AvgIpc) is 3.51. The number of hydrogen-bond donors (Lipinski definition) is 2. The lowest BCUT2D eigenvalue weighted by Crippen LogP contribution is -2.52. The van der Waals surface area contributed by atoms with E-state index in [1.807, 2.05) is 11.0 Å². The minimum atomic E-state index is -0.0137. The minimum absolute atomic E-state index is 0.0137. The third-order valence-electron chi connectivity index (χ3n) is 5.78. The smallest absolute Gasteiger partial charge is 0.317 e. The van der Waals surface area contributed by atoms with Crippen LogP contribution in [0.25, 0.3) is 10.9 Å². The number of nitrogens with one attached hydrogen (secondary N) is 2. The van der Waals surface area contributed by atoms with Gasteiger partial charge in [-0.1, -0.05) is 24.3 Å². The number of piperazine rings is 1. The quantitative estimate of drug-likeness (QED) is 0.504. The Morgan fingerprint density at radius 2 is 2.00 bits per heavy atom. The summed E-state index contributed by atoms with van der Waals surface area (Å²) in [5.41, 5.74) is 2.33. The third-order valence-corrected chi connectivity index (χ3v) is 6.77. The maximum absolute atomic E-state index is 12.9. The summed E-state index contributed by atoms with van der Waals surface area (Å²) in [6, 6.07) is 12.5. The molecule has 158 valence electrons. The molecule has 0 bridgehead atoms. The number of fused-ring (bicyclic) bond motifs is 1. The van der Waals surface area contributed by atoms with E-state index in [4.69, 9.17) is 0 Å². The van der Waals surface area contributed by atoms with Crippen LogP contribution in [0.2, 0.25) is 0 Å². The van der Waals surface area contributed by atoms with Crippen LogP contribution in [-0.2, 0) is 0 Å². The fourth-order valence-electron chi connectivity index (χ4n) is 4.13. The molecule has 0 aliphatic carbocycles. The number of rotatable bonds is 5. The second-order valence-electron chi connectivity index (χ2n) is 7.58. The van der Waals surface area contributed by atoms with E-state index >= 15 is 0 Å². The number of para-hydroxylation sites is 1. The maximum Gasteiger partial charge on any atom is 0.317 e. The van der Waals surface area contributed by atoms with Crippen molar-refractivity contribution in [3.8, 4) is 0 Å². The number of carbonyl (C=O) groups excluding carboxylic acids is 1. The van der Waals surface area contributed by atoms with E-state index in [1.54, 1.807) is 29.9 Å². The van der Waals surface area contributed by atoms with Crippen molar-refractivity contribution < 1.29 is 4.79 Å². The molecule has 4 heterocycles. The first-order valence-corrected chi connectivity index (χ1v) is 11.3. The summed E-state index contributed by atoms with van der Waals surface area (Å²) < 4.78 is 0. The zero-order valence-electron chi connectivity index (χ0n) is 17.1. The molecule has 0 unspecified atom stereocenters. The molecular formula is C23H24N6OS. The molecule has 1 aliphatic rings. The zero-order chi connectivity index (χ0) is 21.0. The molecule has 8 heteroatoms. The van der Waals surface area contributed by atoms with Crippen molar-refractivity contribution in [2.75, 3.05) is 37.6 Å². The van der Waals surface area contributed by atoms with Crippen molar-refractivity contribution in [3.05, 3.63) is 77.0 Å². The van der Waals surface area contributed by atoms with Gasteiger partial charge >= 0.3 is 6.03 Å².